The maximum atomic E-state index is 10.2. The lowest BCUT2D eigenvalue weighted by atomic mass is 10.2. The minimum absolute atomic E-state index is 0.112. The lowest BCUT2D eigenvalue weighted by Gasteiger charge is -2.13. The highest BCUT2D eigenvalue weighted by molar-refractivity contribution is 5.55. The SMILES string of the molecule is Cc1cccc(N)c1O[Cl+3]([O-])([O-])[O-]. The van der Waals surface area contributed by atoms with Gasteiger partial charge in [-0.2, -0.15) is 14.0 Å². The number of rotatable bonds is 2. The highest BCUT2D eigenvalue weighted by Gasteiger charge is 2.23. The van der Waals surface area contributed by atoms with Crippen LogP contribution >= 0.6 is 0 Å². The van der Waals surface area contributed by atoms with E-state index < -0.39 is 10.2 Å². The summed E-state index contributed by atoms with van der Waals surface area (Å²) in [5.74, 6) is -0.112. The third-order valence-corrected chi connectivity index (χ3v) is 1.76. The molecule has 0 fully saturated rings. The van der Waals surface area contributed by atoms with Crippen LogP contribution in [0.1, 0.15) is 5.56 Å². The van der Waals surface area contributed by atoms with E-state index in [1.807, 2.05) is 0 Å². The Balaban J connectivity index is 3.00. The van der Waals surface area contributed by atoms with E-state index in [1.54, 1.807) is 19.1 Å². The first kappa shape index (κ1) is 10.1. The number of benzene rings is 1. The summed E-state index contributed by atoms with van der Waals surface area (Å²) in [7, 11) is -4.48. The predicted molar refractivity (Wildman–Crippen MR) is 36.2 cm³/mol. The minimum Gasteiger partial charge on any atom is -0.395 e. The van der Waals surface area contributed by atoms with E-state index in [1.165, 1.54) is 6.07 Å². The first-order valence-electron chi connectivity index (χ1n) is 3.35. The van der Waals surface area contributed by atoms with Crippen LogP contribution in [-0.4, -0.2) is 0 Å². The van der Waals surface area contributed by atoms with E-state index in [4.69, 9.17) is 5.73 Å². The Hall–Kier alpha value is -1.01. The molecule has 0 amide bonds. The number of para-hydroxylation sites is 1. The average molecular weight is 206 g/mol. The number of nitrogens with two attached hydrogens (primary N) is 1. The topological polar surface area (TPSA) is 104 Å². The summed E-state index contributed by atoms with van der Waals surface area (Å²) < 4.78 is 34.9. The fraction of sp³-hybridized carbons (Fsp3) is 0.143. The number of aryl methyl sites for hydroxylation is 1. The summed E-state index contributed by atoms with van der Waals surface area (Å²) in [4.78, 5) is 0. The maximum Gasteiger partial charge on any atom is 0.313 e. The molecule has 13 heavy (non-hydrogen) atoms. The van der Waals surface area contributed by atoms with Gasteiger partial charge in [0, 0.05) is 5.56 Å². The van der Waals surface area contributed by atoms with Crippen LogP contribution in [-0.2, 0) is 0 Å². The molecule has 1 aromatic rings. The zero-order chi connectivity index (χ0) is 10.1. The van der Waals surface area contributed by atoms with E-state index in [0.717, 1.165) is 0 Å². The quantitative estimate of drug-likeness (QED) is 0.555. The van der Waals surface area contributed by atoms with Gasteiger partial charge in [0.1, 0.15) is 10.2 Å². The van der Waals surface area contributed by atoms with Crippen molar-refractivity contribution in [1.29, 1.82) is 0 Å². The molecule has 72 valence electrons. The van der Waals surface area contributed by atoms with E-state index in [9.17, 15) is 14.0 Å². The Bertz CT molecular complexity index is 290. The van der Waals surface area contributed by atoms with Crippen LogP contribution in [0.3, 0.4) is 0 Å². The summed E-state index contributed by atoms with van der Waals surface area (Å²) in [6.45, 7) is 1.59. The zero-order valence-corrected chi connectivity index (χ0v) is 7.58. The molecule has 0 heterocycles. The molecule has 2 N–H and O–H groups in total. The van der Waals surface area contributed by atoms with Gasteiger partial charge in [-0.25, -0.2) is 0 Å². The standard InChI is InChI=1S/C7H8ClNO4/c1-5-3-2-4-6(9)7(5)13-8(10,11)12/h2-4H,9H2,1H3. The van der Waals surface area contributed by atoms with Crippen molar-refractivity contribution in [2.45, 2.75) is 6.92 Å². The molecule has 0 radical (unpaired) electrons. The summed E-state index contributed by atoms with van der Waals surface area (Å²) in [6.07, 6.45) is 0. The maximum absolute atomic E-state index is 10.2. The molecule has 0 aliphatic heterocycles. The Morgan fingerprint density at radius 3 is 2.38 bits per heavy atom. The lowest BCUT2D eigenvalue weighted by Crippen LogP contribution is -2.63. The lowest BCUT2D eigenvalue weighted by molar-refractivity contribution is -1.91. The van der Waals surface area contributed by atoms with E-state index in [-0.39, 0.29) is 11.4 Å². The van der Waals surface area contributed by atoms with Crippen molar-refractivity contribution in [3.8, 4) is 5.75 Å². The largest absolute Gasteiger partial charge is 0.395 e. The molecule has 0 unspecified atom stereocenters. The molecule has 1 aromatic carbocycles. The van der Waals surface area contributed by atoms with Gasteiger partial charge in [-0.3, -0.25) is 0 Å². The minimum atomic E-state index is -4.48. The Kier molecular flexibility index (Phi) is 2.63. The second kappa shape index (κ2) is 3.39. The number of hydrogen-bond donors (Lipinski definition) is 1. The van der Waals surface area contributed by atoms with Crippen molar-refractivity contribution >= 4 is 5.69 Å². The van der Waals surface area contributed by atoms with E-state index in [2.05, 4.69) is 4.29 Å². The van der Waals surface area contributed by atoms with Crippen molar-refractivity contribution in [2.75, 3.05) is 5.73 Å². The number of nitrogen functional groups attached to an aromatic ring is 1. The third kappa shape index (κ3) is 2.74. The molecule has 5 nitrogen and oxygen atoms in total. The van der Waals surface area contributed by atoms with Gasteiger partial charge in [0.05, 0.1) is 5.69 Å². The molecule has 6 heteroatoms. The second-order valence-electron chi connectivity index (χ2n) is 2.45. The summed E-state index contributed by atoms with van der Waals surface area (Å²) in [5, 5.41) is 0. The fourth-order valence-electron chi connectivity index (χ4n) is 0.875. The van der Waals surface area contributed by atoms with Gasteiger partial charge in [0.25, 0.3) is 0 Å². The van der Waals surface area contributed by atoms with Crippen molar-refractivity contribution in [1.82, 2.24) is 0 Å². The predicted octanol–water partition coefficient (Wildman–Crippen LogP) is -2.15. The number of halogens is 1. The Morgan fingerprint density at radius 2 is 1.92 bits per heavy atom. The molecule has 0 bridgehead atoms. The van der Waals surface area contributed by atoms with Crippen LogP contribution in [0.5, 0.6) is 5.75 Å². The highest BCUT2D eigenvalue weighted by atomic mass is 35.7. The third-order valence-electron chi connectivity index (χ3n) is 1.41. The normalized spacial score (nSPS) is 11.4. The van der Waals surface area contributed by atoms with Gasteiger partial charge in [-0.15, -0.1) is 0 Å². The van der Waals surface area contributed by atoms with Crippen LogP contribution in [0.25, 0.3) is 0 Å². The molecule has 0 aliphatic carbocycles. The molecule has 0 saturated heterocycles. The van der Waals surface area contributed by atoms with E-state index in [0.29, 0.717) is 5.56 Å². The van der Waals surface area contributed by atoms with Crippen molar-refractivity contribution in [3.05, 3.63) is 23.8 Å². The van der Waals surface area contributed by atoms with Gasteiger partial charge in [-0.1, -0.05) is 16.4 Å². The van der Waals surface area contributed by atoms with Crippen molar-refractivity contribution in [3.63, 3.8) is 0 Å². The van der Waals surface area contributed by atoms with Gasteiger partial charge in [0.2, 0.25) is 0 Å². The van der Waals surface area contributed by atoms with Gasteiger partial charge in [-0.05, 0) is 13.0 Å². The molecule has 0 saturated carbocycles. The summed E-state index contributed by atoms with van der Waals surface area (Å²) >= 11 is 0. The second-order valence-corrected chi connectivity index (χ2v) is 3.36. The van der Waals surface area contributed by atoms with Gasteiger partial charge >= 0.3 is 5.75 Å². The number of anilines is 1. The van der Waals surface area contributed by atoms with Crippen LogP contribution in [0.4, 0.5) is 5.69 Å². The van der Waals surface area contributed by atoms with Crippen LogP contribution in [0, 0.1) is 17.2 Å². The van der Waals surface area contributed by atoms with Gasteiger partial charge < -0.3 is 5.73 Å². The molecule has 1 rings (SSSR count). The van der Waals surface area contributed by atoms with Crippen molar-refractivity contribution < 1.29 is 28.5 Å². The first-order chi connectivity index (χ1) is 5.90. The molecule has 0 spiro atoms. The Morgan fingerprint density at radius 1 is 1.31 bits per heavy atom. The smallest absolute Gasteiger partial charge is 0.313 e. The molecule has 0 aromatic heterocycles. The average Bonchev–Trinajstić information content (AvgIpc) is 1.95. The number of hydrogen-bond acceptors (Lipinski definition) is 5. The van der Waals surface area contributed by atoms with E-state index >= 15 is 0 Å². The molecule has 0 aliphatic rings. The zero-order valence-electron chi connectivity index (χ0n) is 6.82. The summed E-state index contributed by atoms with van der Waals surface area (Å²) in [5.41, 5.74) is 6.01. The first-order valence-corrected chi connectivity index (χ1v) is 4.59. The van der Waals surface area contributed by atoms with Crippen LogP contribution < -0.4 is 24.0 Å². The molecule has 0 atom stereocenters. The van der Waals surface area contributed by atoms with Gasteiger partial charge in [0.15, 0.2) is 0 Å². The molecular formula is C7H8ClNO4. The highest BCUT2D eigenvalue weighted by Crippen LogP contribution is 2.26. The summed E-state index contributed by atoms with van der Waals surface area (Å²) in [6, 6.07) is 4.67. The molecular weight excluding hydrogens is 198 g/mol. The monoisotopic (exact) mass is 205 g/mol. The van der Waals surface area contributed by atoms with Crippen LogP contribution in [0.15, 0.2) is 18.2 Å². The fourth-order valence-corrected chi connectivity index (χ4v) is 1.27. The van der Waals surface area contributed by atoms with Crippen LogP contribution in [0.2, 0.25) is 0 Å². The Labute approximate surface area is 77.1 Å². The van der Waals surface area contributed by atoms with Crippen molar-refractivity contribution in [2.24, 2.45) is 0 Å².